The summed E-state index contributed by atoms with van der Waals surface area (Å²) in [5.74, 6) is -0.0253. The third-order valence-electron chi connectivity index (χ3n) is 4.91. The molecule has 21 heavy (non-hydrogen) atoms. The first-order valence-corrected chi connectivity index (χ1v) is 7.58. The van der Waals surface area contributed by atoms with E-state index in [2.05, 4.69) is 21.9 Å². The van der Waals surface area contributed by atoms with Gasteiger partial charge in [-0.1, -0.05) is 12.1 Å². The molecule has 1 unspecified atom stereocenters. The molecule has 0 radical (unpaired) electrons. The van der Waals surface area contributed by atoms with Gasteiger partial charge in [-0.3, -0.25) is 0 Å². The van der Waals surface area contributed by atoms with E-state index in [1.165, 1.54) is 12.8 Å². The molecular weight excluding hydrogens is 266 g/mol. The van der Waals surface area contributed by atoms with Gasteiger partial charge < -0.3 is 14.6 Å². The highest BCUT2D eigenvalue weighted by molar-refractivity contribution is 5.90. The van der Waals surface area contributed by atoms with Gasteiger partial charge in [0.25, 0.3) is 0 Å². The monoisotopic (exact) mass is 285 g/mol. The lowest BCUT2D eigenvalue weighted by Crippen LogP contribution is -2.43. The average molecular weight is 285 g/mol. The summed E-state index contributed by atoms with van der Waals surface area (Å²) in [6.07, 6.45) is 4.36. The Bertz CT molecular complexity index is 634. The molecule has 2 aliphatic rings. The van der Waals surface area contributed by atoms with E-state index >= 15 is 0 Å². The fourth-order valence-corrected chi connectivity index (χ4v) is 3.71. The van der Waals surface area contributed by atoms with Crippen molar-refractivity contribution < 1.29 is 9.53 Å². The Kier molecular flexibility index (Phi) is 2.96. The molecule has 1 aromatic heterocycles. The molecule has 4 rings (SSSR count). The maximum atomic E-state index is 12.3. The minimum absolute atomic E-state index is 0.0272. The summed E-state index contributed by atoms with van der Waals surface area (Å²) in [4.78, 5) is 22.0. The van der Waals surface area contributed by atoms with Crippen molar-refractivity contribution in [1.82, 2.24) is 14.9 Å². The minimum Gasteiger partial charge on any atom is -0.456 e. The number of hydrogen-bond acceptors (Lipinski definition) is 4. The minimum atomic E-state index is -0.333. The van der Waals surface area contributed by atoms with E-state index in [0.29, 0.717) is 17.9 Å². The fraction of sp³-hybridized carbons (Fsp3) is 0.500. The summed E-state index contributed by atoms with van der Waals surface area (Å²) in [5, 5.41) is 0. The van der Waals surface area contributed by atoms with Crippen molar-refractivity contribution in [2.75, 3.05) is 7.05 Å². The zero-order chi connectivity index (χ0) is 14.4. The van der Waals surface area contributed by atoms with Crippen LogP contribution in [0.15, 0.2) is 24.3 Å². The number of carbonyl (C=O) groups is 1. The number of piperidine rings is 1. The molecule has 110 valence electrons. The quantitative estimate of drug-likeness (QED) is 0.860. The van der Waals surface area contributed by atoms with Gasteiger partial charge >= 0.3 is 5.97 Å². The van der Waals surface area contributed by atoms with Crippen molar-refractivity contribution in [2.45, 2.75) is 43.9 Å². The second-order valence-electron chi connectivity index (χ2n) is 6.15. The molecule has 3 atom stereocenters. The summed E-state index contributed by atoms with van der Waals surface area (Å²) in [7, 11) is 2.18. The van der Waals surface area contributed by atoms with Crippen molar-refractivity contribution in [3.8, 4) is 0 Å². The zero-order valence-electron chi connectivity index (χ0n) is 12.1. The van der Waals surface area contributed by atoms with Crippen LogP contribution in [0.5, 0.6) is 0 Å². The number of hydrogen-bond donors (Lipinski definition) is 1. The highest BCUT2D eigenvalue weighted by atomic mass is 16.5. The molecule has 2 bridgehead atoms. The molecule has 0 saturated carbocycles. The van der Waals surface area contributed by atoms with Crippen LogP contribution in [-0.2, 0) is 4.74 Å². The van der Waals surface area contributed by atoms with Crippen LogP contribution < -0.4 is 0 Å². The second-order valence-corrected chi connectivity index (χ2v) is 6.15. The van der Waals surface area contributed by atoms with Crippen molar-refractivity contribution in [2.24, 2.45) is 0 Å². The first-order valence-electron chi connectivity index (χ1n) is 7.58. The number of rotatable bonds is 2. The summed E-state index contributed by atoms with van der Waals surface area (Å²) in [6, 6.07) is 8.76. The number of esters is 1. The van der Waals surface area contributed by atoms with Gasteiger partial charge in [0.2, 0.25) is 5.82 Å². The lowest BCUT2D eigenvalue weighted by molar-refractivity contribution is -0.00143. The third-order valence-corrected chi connectivity index (χ3v) is 4.91. The molecule has 0 spiro atoms. The third kappa shape index (κ3) is 2.21. The van der Waals surface area contributed by atoms with Crippen LogP contribution in [0, 0.1) is 0 Å². The number of ether oxygens (including phenoxy) is 1. The van der Waals surface area contributed by atoms with Crippen molar-refractivity contribution in [3.63, 3.8) is 0 Å². The summed E-state index contributed by atoms with van der Waals surface area (Å²) < 4.78 is 5.68. The Balaban J connectivity index is 1.48. The average Bonchev–Trinajstić information content (AvgIpc) is 2.98. The van der Waals surface area contributed by atoms with Crippen LogP contribution >= 0.6 is 0 Å². The van der Waals surface area contributed by atoms with Gasteiger partial charge in [-0.15, -0.1) is 0 Å². The topological polar surface area (TPSA) is 58.2 Å². The Morgan fingerprint density at radius 3 is 2.71 bits per heavy atom. The molecule has 1 N–H and O–H groups in total. The van der Waals surface area contributed by atoms with E-state index in [1.54, 1.807) is 0 Å². The standard InChI is InChI=1S/C16H19N3O2/c1-19-10-6-7-11(19)9-12(8-10)21-16(20)15-17-13-4-2-3-5-14(13)18-15/h2-5,10-12H,6-9H2,1H3,(H,17,18)/t10-,11+,12?. The van der Waals surface area contributed by atoms with E-state index in [4.69, 9.17) is 4.74 Å². The molecule has 5 heteroatoms. The summed E-state index contributed by atoms with van der Waals surface area (Å²) >= 11 is 0. The predicted molar refractivity (Wildman–Crippen MR) is 79.1 cm³/mol. The first kappa shape index (κ1) is 12.8. The molecule has 0 aliphatic carbocycles. The first-order chi connectivity index (χ1) is 10.2. The molecular formula is C16H19N3O2. The maximum Gasteiger partial charge on any atom is 0.374 e. The van der Waals surface area contributed by atoms with Crippen molar-refractivity contribution >= 4 is 17.0 Å². The van der Waals surface area contributed by atoms with Crippen LogP contribution in [0.2, 0.25) is 0 Å². The molecule has 2 fully saturated rings. The zero-order valence-corrected chi connectivity index (χ0v) is 12.1. The van der Waals surface area contributed by atoms with Crippen LogP contribution in [-0.4, -0.2) is 46.1 Å². The van der Waals surface area contributed by atoms with Gasteiger partial charge in [0.05, 0.1) is 11.0 Å². The predicted octanol–water partition coefficient (Wildman–Crippen LogP) is 2.34. The van der Waals surface area contributed by atoms with Gasteiger partial charge in [0.1, 0.15) is 6.10 Å². The fourth-order valence-electron chi connectivity index (χ4n) is 3.71. The number of fused-ring (bicyclic) bond motifs is 3. The summed E-state index contributed by atoms with van der Waals surface area (Å²) in [5.41, 5.74) is 1.67. The van der Waals surface area contributed by atoms with Gasteiger partial charge in [-0.2, -0.15) is 0 Å². The Labute approximate surface area is 123 Å². The number of H-pyrrole nitrogens is 1. The smallest absolute Gasteiger partial charge is 0.374 e. The van der Waals surface area contributed by atoms with E-state index < -0.39 is 0 Å². The molecule has 2 aromatic rings. The van der Waals surface area contributed by atoms with Gasteiger partial charge in [0, 0.05) is 24.9 Å². The van der Waals surface area contributed by atoms with E-state index in [1.807, 2.05) is 24.3 Å². The molecule has 2 saturated heterocycles. The second kappa shape index (κ2) is 4.84. The highest BCUT2D eigenvalue weighted by Gasteiger charge is 2.40. The lowest BCUT2D eigenvalue weighted by Gasteiger charge is -2.35. The highest BCUT2D eigenvalue weighted by Crippen LogP contribution is 2.35. The van der Waals surface area contributed by atoms with Gasteiger partial charge in [-0.05, 0) is 32.0 Å². The number of imidazole rings is 1. The largest absolute Gasteiger partial charge is 0.456 e. The Morgan fingerprint density at radius 2 is 2.00 bits per heavy atom. The van der Waals surface area contributed by atoms with E-state index in [9.17, 15) is 4.79 Å². The Morgan fingerprint density at radius 1 is 1.29 bits per heavy atom. The Hall–Kier alpha value is -1.88. The van der Waals surface area contributed by atoms with Crippen LogP contribution in [0.3, 0.4) is 0 Å². The molecule has 2 aliphatic heterocycles. The number of aromatic amines is 1. The molecule has 0 amide bonds. The van der Waals surface area contributed by atoms with Crippen LogP contribution in [0.1, 0.15) is 36.3 Å². The van der Waals surface area contributed by atoms with Crippen LogP contribution in [0.4, 0.5) is 0 Å². The lowest BCUT2D eigenvalue weighted by atomic mass is 10.0. The number of benzene rings is 1. The molecule has 5 nitrogen and oxygen atoms in total. The normalized spacial score (nSPS) is 28.9. The number of nitrogens with zero attached hydrogens (tertiary/aromatic N) is 2. The van der Waals surface area contributed by atoms with Crippen molar-refractivity contribution in [1.29, 1.82) is 0 Å². The molecule has 3 heterocycles. The number of aromatic nitrogens is 2. The number of nitrogens with one attached hydrogen (secondary N) is 1. The van der Waals surface area contributed by atoms with Gasteiger partial charge in [-0.25, -0.2) is 9.78 Å². The number of para-hydroxylation sites is 2. The van der Waals surface area contributed by atoms with Crippen LogP contribution in [0.25, 0.3) is 11.0 Å². The summed E-state index contributed by atoms with van der Waals surface area (Å²) in [6.45, 7) is 0. The maximum absolute atomic E-state index is 12.3. The van der Waals surface area contributed by atoms with Gasteiger partial charge in [0.15, 0.2) is 0 Å². The number of carbonyl (C=O) groups excluding carboxylic acids is 1. The van der Waals surface area contributed by atoms with Crippen molar-refractivity contribution in [3.05, 3.63) is 30.1 Å². The van der Waals surface area contributed by atoms with E-state index in [0.717, 1.165) is 23.9 Å². The van der Waals surface area contributed by atoms with E-state index in [-0.39, 0.29) is 12.1 Å². The molecule has 1 aromatic carbocycles. The SMILES string of the molecule is CN1[C@@H]2CC[C@H]1CC(OC(=O)c1nc3ccccc3[nH]1)C2.